The van der Waals surface area contributed by atoms with Crippen LogP contribution in [0.1, 0.15) is 0 Å². The van der Waals surface area contributed by atoms with Gasteiger partial charge < -0.3 is 11.1 Å². The Bertz CT molecular complexity index is 848. The van der Waals surface area contributed by atoms with Crippen LogP contribution in [0.5, 0.6) is 0 Å². The van der Waals surface area contributed by atoms with Crippen molar-refractivity contribution >= 4 is 38.8 Å². The summed E-state index contributed by atoms with van der Waals surface area (Å²) >= 11 is 3.11. The van der Waals surface area contributed by atoms with Crippen LogP contribution in [-0.2, 0) is 6.54 Å². The van der Waals surface area contributed by atoms with Gasteiger partial charge in [-0.05, 0) is 11.4 Å². The predicted molar refractivity (Wildman–Crippen MR) is 94.9 cm³/mol. The number of anilines is 1. The summed E-state index contributed by atoms with van der Waals surface area (Å²) < 4.78 is 1.61. The number of nitrogens with zero attached hydrogens (tertiary/aromatic N) is 2. The third kappa shape index (κ3) is 2.58. The second-order valence-corrected chi connectivity index (χ2v) is 6.47. The van der Waals surface area contributed by atoms with Gasteiger partial charge in [-0.1, -0.05) is 12.1 Å². The molecule has 3 rings (SSSR count). The molecule has 3 aromatic rings. The molecule has 0 aliphatic carbocycles. The average Bonchev–Trinajstić information content (AvgIpc) is 3.17. The van der Waals surface area contributed by atoms with E-state index in [2.05, 4.69) is 16.9 Å². The van der Waals surface area contributed by atoms with Gasteiger partial charge in [-0.3, -0.25) is 9.36 Å². The lowest BCUT2D eigenvalue weighted by molar-refractivity contribution is 0.770. The van der Waals surface area contributed by atoms with Crippen molar-refractivity contribution in [1.29, 1.82) is 0 Å². The number of fused-ring (bicyclic) bond motifs is 1. The van der Waals surface area contributed by atoms with Crippen molar-refractivity contribution in [2.75, 3.05) is 18.4 Å². The van der Waals surface area contributed by atoms with Gasteiger partial charge in [-0.25, -0.2) is 4.98 Å². The zero-order valence-electron chi connectivity index (χ0n) is 11.9. The number of thiophene rings is 2. The molecular weight excluding hydrogens is 316 g/mol. The summed E-state index contributed by atoms with van der Waals surface area (Å²) in [5.74, 6) is 0.544. The summed E-state index contributed by atoms with van der Waals surface area (Å²) in [6, 6.07) is 4.00. The molecule has 0 aliphatic rings. The third-order valence-electron chi connectivity index (χ3n) is 3.22. The van der Waals surface area contributed by atoms with Crippen LogP contribution in [0, 0.1) is 0 Å². The van der Waals surface area contributed by atoms with Crippen LogP contribution in [-0.4, -0.2) is 22.6 Å². The number of aromatic nitrogens is 2. The van der Waals surface area contributed by atoms with E-state index in [1.165, 1.54) is 11.3 Å². The molecule has 0 saturated carbocycles. The van der Waals surface area contributed by atoms with Gasteiger partial charge >= 0.3 is 0 Å². The van der Waals surface area contributed by atoms with Gasteiger partial charge in [-0.15, -0.1) is 29.3 Å². The van der Waals surface area contributed by atoms with Crippen molar-refractivity contribution < 1.29 is 0 Å². The third-order valence-corrected chi connectivity index (χ3v) is 4.99. The van der Waals surface area contributed by atoms with E-state index in [0.29, 0.717) is 31.0 Å². The molecule has 0 unspecified atom stereocenters. The summed E-state index contributed by atoms with van der Waals surface area (Å²) in [5, 5.41) is 7.79. The van der Waals surface area contributed by atoms with Crippen molar-refractivity contribution in [1.82, 2.24) is 9.55 Å². The minimum Gasteiger partial charge on any atom is -0.354 e. The second-order valence-electron chi connectivity index (χ2n) is 4.66. The molecule has 7 heteroatoms. The highest BCUT2D eigenvalue weighted by Crippen LogP contribution is 2.34. The molecule has 5 nitrogen and oxygen atoms in total. The van der Waals surface area contributed by atoms with E-state index in [9.17, 15) is 4.79 Å². The average molecular weight is 332 g/mol. The Morgan fingerprint density at radius 1 is 1.45 bits per heavy atom. The van der Waals surface area contributed by atoms with E-state index >= 15 is 0 Å². The molecule has 22 heavy (non-hydrogen) atoms. The topological polar surface area (TPSA) is 72.9 Å². The Morgan fingerprint density at radius 3 is 3.00 bits per heavy atom. The summed E-state index contributed by atoms with van der Waals surface area (Å²) in [7, 11) is 0. The number of hydrogen-bond acceptors (Lipinski definition) is 6. The summed E-state index contributed by atoms with van der Waals surface area (Å²) in [6.45, 7) is 5.18. The predicted octanol–water partition coefficient (Wildman–Crippen LogP) is 2.74. The van der Waals surface area contributed by atoms with Gasteiger partial charge in [0.15, 0.2) is 0 Å². The van der Waals surface area contributed by atoms with Gasteiger partial charge in [0.05, 0.1) is 5.39 Å². The van der Waals surface area contributed by atoms with E-state index in [1.807, 2.05) is 22.9 Å². The van der Waals surface area contributed by atoms with Crippen molar-refractivity contribution in [2.45, 2.75) is 6.54 Å². The van der Waals surface area contributed by atoms with Crippen LogP contribution >= 0.6 is 22.7 Å². The molecule has 0 fully saturated rings. The van der Waals surface area contributed by atoms with Crippen LogP contribution in [0.3, 0.4) is 0 Å². The van der Waals surface area contributed by atoms with Crippen LogP contribution in [0.15, 0.2) is 40.3 Å². The number of hydrogen-bond donors (Lipinski definition) is 2. The lowest BCUT2D eigenvalue weighted by atomic mass is 10.2. The number of nitrogens with one attached hydrogen (secondary N) is 1. The molecule has 0 bridgehead atoms. The van der Waals surface area contributed by atoms with Gasteiger partial charge in [0, 0.05) is 35.5 Å². The molecule has 0 aliphatic heterocycles. The van der Waals surface area contributed by atoms with Crippen LogP contribution in [0.2, 0.25) is 0 Å². The SMILES string of the molecule is C=CCn1c(NCCN)nc2scc(-c3cccs3)c2c1=O. The molecule has 0 spiro atoms. The van der Waals surface area contributed by atoms with Crippen molar-refractivity contribution in [3.63, 3.8) is 0 Å². The van der Waals surface area contributed by atoms with Crippen molar-refractivity contribution in [2.24, 2.45) is 5.73 Å². The molecule has 3 heterocycles. The van der Waals surface area contributed by atoms with Gasteiger partial charge in [0.25, 0.3) is 5.56 Å². The fourth-order valence-corrected chi connectivity index (χ4v) is 4.01. The largest absolute Gasteiger partial charge is 0.354 e. The number of allylic oxidation sites excluding steroid dienone is 1. The van der Waals surface area contributed by atoms with Crippen molar-refractivity contribution in [3.8, 4) is 10.4 Å². The maximum atomic E-state index is 12.9. The standard InChI is InChI=1S/C15H16N4OS2/c1-2-7-19-14(20)12-10(11-4-3-8-21-11)9-22-13(12)18-15(19)17-6-5-16/h2-4,8-9H,1,5-7,16H2,(H,17,18). The molecule has 3 N–H and O–H groups in total. The van der Waals surface area contributed by atoms with Crippen LogP contribution in [0.25, 0.3) is 20.7 Å². The van der Waals surface area contributed by atoms with E-state index in [1.54, 1.807) is 22.0 Å². The van der Waals surface area contributed by atoms with Gasteiger partial charge in [0.1, 0.15) is 4.83 Å². The quantitative estimate of drug-likeness (QED) is 0.681. The lowest BCUT2D eigenvalue weighted by Gasteiger charge is -2.12. The van der Waals surface area contributed by atoms with E-state index < -0.39 is 0 Å². The zero-order chi connectivity index (χ0) is 15.5. The minimum absolute atomic E-state index is 0.0472. The fourth-order valence-electron chi connectivity index (χ4n) is 2.25. The normalized spacial score (nSPS) is 11.0. The lowest BCUT2D eigenvalue weighted by Crippen LogP contribution is -2.26. The molecule has 114 valence electrons. The van der Waals surface area contributed by atoms with Gasteiger partial charge in [0.2, 0.25) is 5.95 Å². The van der Waals surface area contributed by atoms with Gasteiger partial charge in [-0.2, -0.15) is 0 Å². The first-order valence-electron chi connectivity index (χ1n) is 6.87. The summed E-state index contributed by atoms with van der Waals surface area (Å²) in [4.78, 5) is 19.3. The number of rotatable bonds is 6. The monoisotopic (exact) mass is 332 g/mol. The Labute approximate surface area is 135 Å². The summed E-state index contributed by atoms with van der Waals surface area (Å²) in [6.07, 6.45) is 1.69. The summed E-state index contributed by atoms with van der Waals surface area (Å²) in [5.41, 5.74) is 6.43. The second kappa shape index (κ2) is 6.43. The zero-order valence-corrected chi connectivity index (χ0v) is 13.5. The molecule has 0 radical (unpaired) electrons. The smallest absolute Gasteiger partial charge is 0.264 e. The van der Waals surface area contributed by atoms with E-state index in [-0.39, 0.29) is 5.56 Å². The first-order chi connectivity index (χ1) is 10.8. The molecular formula is C15H16N4OS2. The van der Waals surface area contributed by atoms with Crippen LogP contribution in [0.4, 0.5) is 5.95 Å². The van der Waals surface area contributed by atoms with E-state index in [0.717, 1.165) is 15.3 Å². The highest BCUT2D eigenvalue weighted by Gasteiger charge is 2.16. The maximum Gasteiger partial charge on any atom is 0.264 e. The van der Waals surface area contributed by atoms with Crippen LogP contribution < -0.4 is 16.6 Å². The molecule has 0 amide bonds. The first kappa shape index (κ1) is 15.0. The molecule has 3 aromatic heterocycles. The Hall–Kier alpha value is -1.96. The highest BCUT2D eigenvalue weighted by atomic mass is 32.1. The highest BCUT2D eigenvalue weighted by molar-refractivity contribution is 7.18. The molecule has 0 saturated heterocycles. The first-order valence-corrected chi connectivity index (χ1v) is 8.63. The Morgan fingerprint density at radius 2 is 2.32 bits per heavy atom. The Balaban J connectivity index is 2.23. The van der Waals surface area contributed by atoms with Crippen molar-refractivity contribution in [3.05, 3.63) is 45.9 Å². The number of nitrogens with two attached hydrogens (primary N) is 1. The molecule has 0 aromatic carbocycles. The van der Waals surface area contributed by atoms with E-state index in [4.69, 9.17) is 5.73 Å². The fraction of sp³-hybridized carbons (Fsp3) is 0.200. The minimum atomic E-state index is -0.0472. The maximum absolute atomic E-state index is 12.9. The molecule has 0 atom stereocenters. The Kier molecular flexibility index (Phi) is 4.37.